The fourth-order valence-electron chi connectivity index (χ4n) is 1.40. The summed E-state index contributed by atoms with van der Waals surface area (Å²) in [5.41, 5.74) is 8.13. The van der Waals surface area contributed by atoms with Crippen molar-refractivity contribution in [1.29, 1.82) is 0 Å². The molecule has 0 aromatic rings. The number of hydrogen-bond donors (Lipinski definition) is 1. The molecule has 0 spiro atoms. The molecule has 0 bridgehead atoms. The predicted octanol–water partition coefficient (Wildman–Crippen LogP) is 3.11. The molecule has 0 fully saturated rings. The second-order valence-electron chi connectivity index (χ2n) is 3.62. The molecular formula is C13H19N. The highest BCUT2D eigenvalue weighted by molar-refractivity contribution is 5.34. The average Bonchev–Trinajstić information content (AvgIpc) is 2.14. The zero-order valence-corrected chi connectivity index (χ0v) is 8.87. The van der Waals surface area contributed by atoms with Crippen molar-refractivity contribution in [3.8, 4) is 0 Å². The summed E-state index contributed by atoms with van der Waals surface area (Å²) >= 11 is 0. The summed E-state index contributed by atoms with van der Waals surface area (Å²) in [5.74, 6) is 0. The lowest BCUT2D eigenvalue weighted by Gasteiger charge is -2.01. The molecule has 0 amide bonds. The van der Waals surface area contributed by atoms with Gasteiger partial charge >= 0.3 is 0 Å². The molecule has 1 aliphatic rings. The van der Waals surface area contributed by atoms with Crippen molar-refractivity contribution in [2.75, 3.05) is 6.54 Å². The van der Waals surface area contributed by atoms with E-state index in [0.717, 1.165) is 19.4 Å². The van der Waals surface area contributed by atoms with Crippen LogP contribution in [0.4, 0.5) is 0 Å². The maximum absolute atomic E-state index is 5.46. The maximum Gasteiger partial charge on any atom is -0.00772 e. The largest absolute Gasteiger partial charge is 0.330 e. The van der Waals surface area contributed by atoms with Crippen LogP contribution in [0.25, 0.3) is 0 Å². The summed E-state index contributed by atoms with van der Waals surface area (Å²) in [5, 5.41) is 0. The minimum atomic E-state index is 0.797. The Balaban J connectivity index is 2.46. The molecule has 0 radical (unpaired) electrons. The molecule has 0 aromatic heterocycles. The van der Waals surface area contributed by atoms with Crippen molar-refractivity contribution in [1.82, 2.24) is 0 Å². The topological polar surface area (TPSA) is 26.0 Å². The van der Waals surface area contributed by atoms with Crippen LogP contribution >= 0.6 is 0 Å². The average molecular weight is 189 g/mol. The molecule has 1 rings (SSSR count). The SMILES string of the molecule is CC1=CC=CC(CCCCN)=CC=C1. The van der Waals surface area contributed by atoms with Crippen molar-refractivity contribution in [2.24, 2.45) is 5.73 Å². The second kappa shape index (κ2) is 6.39. The Hall–Kier alpha value is -1.08. The molecule has 1 heteroatoms. The first kappa shape index (κ1) is 11.0. The first-order valence-electron chi connectivity index (χ1n) is 5.25. The van der Waals surface area contributed by atoms with Gasteiger partial charge in [0.05, 0.1) is 0 Å². The Morgan fingerprint density at radius 1 is 1.07 bits per heavy atom. The van der Waals surface area contributed by atoms with E-state index in [-0.39, 0.29) is 0 Å². The Morgan fingerprint density at radius 3 is 2.64 bits per heavy atom. The van der Waals surface area contributed by atoms with Gasteiger partial charge in [0.2, 0.25) is 0 Å². The fourth-order valence-corrected chi connectivity index (χ4v) is 1.40. The smallest absolute Gasteiger partial charge is 0.00772 e. The summed E-state index contributed by atoms with van der Waals surface area (Å²) in [6, 6.07) is 0. The molecule has 76 valence electrons. The van der Waals surface area contributed by atoms with Crippen LogP contribution in [-0.4, -0.2) is 6.54 Å². The quantitative estimate of drug-likeness (QED) is 0.676. The number of rotatable bonds is 4. The van der Waals surface area contributed by atoms with Crippen molar-refractivity contribution in [2.45, 2.75) is 26.2 Å². The predicted molar refractivity (Wildman–Crippen MR) is 63.0 cm³/mol. The third-order valence-corrected chi connectivity index (χ3v) is 2.26. The van der Waals surface area contributed by atoms with Crippen LogP contribution in [0.2, 0.25) is 0 Å². The van der Waals surface area contributed by atoms with Gasteiger partial charge in [-0.2, -0.15) is 0 Å². The van der Waals surface area contributed by atoms with E-state index in [1.54, 1.807) is 0 Å². The van der Waals surface area contributed by atoms with Crippen LogP contribution in [0.5, 0.6) is 0 Å². The van der Waals surface area contributed by atoms with E-state index in [0.29, 0.717) is 0 Å². The third-order valence-electron chi connectivity index (χ3n) is 2.26. The third kappa shape index (κ3) is 4.24. The monoisotopic (exact) mass is 189 g/mol. The van der Waals surface area contributed by atoms with Crippen LogP contribution in [0.15, 0.2) is 47.6 Å². The molecule has 14 heavy (non-hydrogen) atoms. The minimum Gasteiger partial charge on any atom is -0.330 e. The summed E-state index contributed by atoms with van der Waals surface area (Å²) in [7, 11) is 0. The van der Waals surface area contributed by atoms with Gasteiger partial charge in [0.25, 0.3) is 0 Å². The number of allylic oxidation sites excluding steroid dienone is 8. The first-order chi connectivity index (χ1) is 6.83. The minimum absolute atomic E-state index is 0.797. The van der Waals surface area contributed by atoms with Gasteiger partial charge in [0, 0.05) is 0 Å². The van der Waals surface area contributed by atoms with Crippen LogP contribution in [0, 0.1) is 0 Å². The Morgan fingerprint density at radius 2 is 1.86 bits per heavy atom. The fraction of sp³-hybridized carbons (Fsp3) is 0.385. The summed E-state index contributed by atoms with van der Waals surface area (Å²) in [4.78, 5) is 0. The maximum atomic E-state index is 5.46. The van der Waals surface area contributed by atoms with E-state index in [1.807, 2.05) is 0 Å². The molecule has 2 N–H and O–H groups in total. The van der Waals surface area contributed by atoms with Crippen molar-refractivity contribution in [3.05, 3.63) is 47.6 Å². The molecule has 0 atom stereocenters. The van der Waals surface area contributed by atoms with Crippen LogP contribution in [-0.2, 0) is 0 Å². The Kier molecular flexibility index (Phi) is 5.02. The van der Waals surface area contributed by atoms with Crippen LogP contribution in [0.1, 0.15) is 26.2 Å². The lowest BCUT2D eigenvalue weighted by molar-refractivity contribution is 0.747. The summed E-state index contributed by atoms with van der Waals surface area (Å²) < 4.78 is 0. The van der Waals surface area contributed by atoms with Gasteiger partial charge < -0.3 is 5.73 Å². The molecule has 0 saturated carbocycles. The van der Waals surface area contributed by atoms with Gasteiger partial charge in [-0.05, 0) is 38.3 Å². The zero-order chi connectivity index (χ0) is 10.2. The first-order valence-corrected chi connectivity index (χ1v) is 5.25. The van der Waals surface area contributed by atoms with E-state index >= 15 is 0 Å². The molecule has 1 nitrogen and oxygen atoms in total. The van der Waals surface area contributed by atoms with E-state index in [1.165, 1.54) is 17.6 Å². The second-order valence-corrected chi connectivity index (χ2v) is 3.62. The van der Waals surface area contributed by atoms with E-state index in [2.05, 4.69) is 43.4 Å². The normalized spacial score (nSPS) is 15.9. The standard InChI is InChI=1S/C13H19N/c1-12-6-4-9-13(10-5-7-12)8-2-3-11-14/h4-7,9-10H,2-3,8,11,14H2,1H3. The molecule has 1 aliphatic carbocycles. The number of hydrogen-bond acceptors (Lipinski definition) is 1. The lowest BCUT2D eigenvalue weighted by atomic mass is 10.1. The van der Waals surface area contributed by atoms with E-state index in [4.69, 9.17) is 5.73 Å². The lowest BCUT2D eigenvalue weighted by Crippen LogP contribution is -1.97. The van der Waals surface area contributed by atoms with E-state index in [9.17, 15) is 0 Å². The number of nitrogens with two attached hydrogens (primary N) is 1. The highest BCUT2D eigenvalue weighted by Gasteiger charge is 1.93. The van der Waals surface area contributed by atoms with Crippen molar-refractivity contribution < 1.29 is 0 Å². The van der Waals surface area contributed by atoms with Crippen LogP contribution in [0.3, 0.4) is 0 Å². The Labute approximate surface area is 86.7 Å². The van der Waals surface area contributed by atoms with Gasteiger partial charge in [-0.1, -0.05) is 42.0 Å². The molecule has 0 unspecified atom stereocenters. The van der Waals surface area contributed by atoms with E-state index < -0.39 is 0 Å². The van der Waals surface area contributed by atoms with Gasteiger partial charge in [-0.25, -0.2) is 0 Å². The molecule has 0 heterocycles. The van der Waals surface area contributed by atoms with Gasteiger partial charge in [0.1, 0.15) is 0 Å². The van der Waals surface area contributed by atoms with Crippen molar-refractivity contribution in [3.63, 3.8) is 0 Å². The highest BCUT2D eigenvalue weighted by atomic mass is 14.5. The summed E-state index contributed by atoms with van der Waals surface area (Å²) in [6.07, 6.45) is 16.3. The molecule has 0 aliphatic heterocycles. The molecule has 0 saturated heterocycles. The van der Waals surface area contributed by atoms with Crippen molar-refractivity contribution >= 4 is 0 Å². The number of unbranched alkanes of at least 4 members (excludes halogenated alkanes) is 1. The molecular weight excluding hydrogens is 170 g/mol. The Bertz CT molecular complexity index is 280. The highest BCUT2D eigenvalue weighted by Crippen LogP contribution is 2.11. The van der Waals surface area contributed by atoms with Crippen LogP contribution < -0.4 is 5.73 Å². The van der Waals surface area contributed by atoms with Gasteiger partial charge in [-0.3, -0.25) is 0 Å². The molecule has 0 aromatic carbocycles. The summed E-state index contributed by atoms with van der Waals surface area (Å²) in [6.45, 7) is 2.90. The van der Waals surface area contributed by atoms with Gasteiger partial charge in [0.15, 0.2) is 0 Å². The zero-order valence-electron chi connectivity index (χ0n) is 8.87. The van der Waals surface area contributed by atoms with Gasteiger partial charge in [-0.15, -0.1) is 0 Å².